The van der Waals surface area contributed by atoms with Gasteiger partial charge < -0.3 is 28.9 Å². The van der Waals surface area contributed by atoms with Gasteiger partial charge in [-0.3, -0.25) is 4.79 Å². The molecule has 0 radical (unpaired) electrons. The summed E-state index contributed by atoms with van der Waals surface area (Å²) in [6, 6.07) is 8.04. The highest BCUT2D eigenvalue weighted by Crippen LogP contribution is 2.63. The van der Waals surface area contributed by atoms with Crippen molar-refractivity contribution in [3.8, 4) is 30.3 Å². The van der Waals surface area contributed by atoms with Crippen LogP contribution in [0.4, 0.5) is 69.7 Å². The lowest BCUT2D eigenvalue weighted by Gasteiger charge is -2.21. The Kier molecular flexibility index (Phi) is 18.0. The first kappa shape index (κ1) is 71.4. The summed E-state index contributed by atoms with van der Waals surface area (Å²) in [6.07, 6.45) is 12.6. The van der Waals surface area contributed by atoms with Crippen molar-refractivity contribution in [1.82, 2.24) is 0 Å². The van der Waals surface area contributed by atoms with Crippen molar-refractivity contribution in [2.75, 3.05) is 14.7 Å². The van der Waals surface area contributed by atoms with Gasteiger partial charge in [-0.15, -0.1) is 0 Å². The number of hydrogen-bond donors (Lipinski definition) is 0. The van der Waals surface area contributed by atoms with Gasteiger partial charge in [-0.1, -0.05) is 12.2 Å². The van der Waals surface area contributed by atoms with Crippen molar-refractivity contribution in [2.45, 2.75) is 159 Å². The molecule has 0 amide bonds. The third kappa shape index (κ3) is 11.2. The van der Waals surface area contributed by atoms with Crippen LogP contribution in [0.3, 0.4) is 0 Å². The highest BCUT2D eigenvalue weighted by Gasteiger charge is 2.68. The Morgan fingerprint density at radius 1 is 0.408 bits per heavy atom. The van der Waals surface area contributed by atoms with E-state index in [0.717, 1.165) is 87.7 Å². The monoisotopic (exact) mass is 1420 g/mol. The summed E-state index contributed by atoms with van der Waals surface area (Å²) in [6.45, 7) is 40.2. The molecule has 103 heavy (non-hydrogen) atoms. The molecular weight excluding hydrogens is 1360 g/mol. The summed E-state index contributed by atoms with van der Waals surface area (Å²) in [5.74, 6) is -16.4. The SMILES string of the molecule is O=Cc1c(F)c(F)c(N2C3C4CCC(C4)C32)c(F)c1F.[C-]#[N+]C1=C(/C=C/c2c(F)c(F)c(N3C4C5CCC(C5)C43)c(F)c2F)C(C)(C)OC1=C(C#N)C#N.[C-]#[N+]C1=C(/C=C/c2c(F)c(F)c(N3C4C5CCC(C5)C43)c(F)c2F)C(C)(C)OC1=C(C#N)C#N.[C-]#[N+]C1=C(C)C(C)(C)O/C1=C(\C#N)[N+]#[C-]. The van der Waals surface area contributed by atoms with Crippen LogP contribution < -0.4 is 14.7 Å². The Morgan fingerprint density at radius 3 is 0.922 bits per heavy atom. The van der Waals surface area contributed by atoms with Crippen LogP contribution in [0.1, 0.15) is 128 Å². The Hall–Kier alpha value is -11.4. The van der Waals surface area contributed by atoms with E-state index in [-0.39, 0.29) is 93.7 Å². The highest BCUT2D eigenvalue weighted by atomic mass is 19.2. The Bertz CT molecular complexity index is 4630. The molecule has 6 heterocycles. The first-order valence-corrected chi connectivity index (χ1v) is 32.6. The summed E-state index contributed by atoms with van der Waals surface area (Å²) in [4.78, 5) is 27.9. The fourth-order valence-electron chi connectivity index (χ4n) is 17.2. The van der Waals surface area contributed by atoms with Gasteiger partial charge in [0.25, 0.3) is 5.70 Å². The van der Waals surface area contributed by atoms with Gasteiger partial charge >= 0.3 is 0 Å². The number of fused-ring (bicyclic) bond motifs is 15. The van der Waals surface area contributed by atoms with Crippen LogP contribution >= 0.6 is 0 Å². The lowest BCUT2D eigenvalue weighted by Crippen LogP contribution is -2.21. The van der Waals surface area contributed by atoms with Gasteiger partial charge in [0.2, 0.25) is 17.1 Å². The number of allylic oxidation sites excluding steroid dienone is 3. The largest absolute Gasteiger partial charge is 0.506 e. The van der Waals surface area contributed by atoms with Crippen LogP contribution in [-0.2, 0) is 14.2 Å². The summed E-state index contributed by atoms with van der Waals surface area (Å²) in [5.41, 5.74) is -8.17. The lowest BCUT2D eigenvalue weighted by atomic mass is 9.96. The van der Waals surface area contributed by atoms with Crippen molar-refractivity contribution in [3.63, 3.8) is 0 Å². The van der Waals surface area contributed by atoms with E-state index in [2.05, 4.69) is 19.4 Å². The van der Waals surface area contributed by atoms with Crippen molar-refractivity contribution >= 4 is 35.5 Å². The summed E-state index contributed by atoms with van der Waals surface area (Å²) in [7, 11) is 0. The van der Waals surface area contributed by atoms with Gasteiger partial charge in [-0.2, -0.15) is 21.0 Å². The number of nitriles is 5. The van der Waals surface area contributed by atoms with E-state index >= 15 is 17.6 Å². The molecule has 15 rings (SSSR count). The maximum absolute atomic E-state index is 15.0. The van der Waals surface area contributed by atoms with Gasteiger partial charge in [0.15, 0.2) is 98.8 Å². The van der Waals surface area contributed by atoms with Crippen LogP contribution in [0.15, 0.2) is 80.1 Å². The number of aldehydes is 1. The third-order valence-corrected chi connectivity index (χ3v) is 22.1. The van der Waals surface area contributed by atoms with Crippen LogP contribution in [-0.4, -0.2) is 59.3 Å². The maximum atomic E-state index is 15.0. The van der Waals surface area contributed by atoms with E-state index in [1.165, 1.54) is 42.4 Å². The first-order chi connectivity index (χ1) is 48.8. The van der Waals surface area contributed by atoms with Gasteiger partial charge in [0.1, 0.15) is 63.9 Å². The standard InChI is InChI=1S/2C25H18F4N4O.C14H11F4NO.C11H9N3O/c2*1-25(2)15(20(32-3)24(34-25)13(9-30)10-31)7-6-14-16(26)18(28)23(19(29)17(14)27)33-21-11-4-5-12(8-11)22(21)33;15-8-7(4-20)9(16)11(18)14(10(8)17)19-12-5-1-2-6(3-5)13(12)19;1-7-9(14-5)10(8(6-12)13-4)15-11(7,2)3/h2*6-7,11-12,21-22H,4-5,8H2,1-2H3;4-6,12-13H,1-3H2;1-3H3/b2*7-6+;;10-8+. The molecule has 12 aliphatic rings. The van der Waals surface area contributed by atoms with Gasteiger partial charge in [0.05, 0.1) is 85.3 Å². The van der Waals surface area contributed by atoms with Crippen molar-refractivity contribution in [1.29, 1.82) is 26.3 Å². The van der Waals surface area contributed by atoms with E-state index in [4.69, 9.17) is 66.8 Å². The smallest absolute Gasteiger partial charge is 0.292 e. The Labute approximate surface area is 583 Å². The van der Waals surface area contributed by atoms with E-state index in [0.29, 0.717) is 35.5 Å². The molecule has 3 aromatic carbocycles. The minimum Gasteiger partial charge on any atom is -0.506 e. The van der Waals surface area contributed by atoms with Crippen LogP contribution in [0, 0.1) is 188 Å². The topological polar surface area (TPSA) is 190 Å². The maximum Gasteiger partial charge on any atom is 0.292 e. The number of carbonyl (C=O) groups is 1. The number of piperidine rings is 3. The molecule has 6 aliphatic carbocycles. The van der Waals surface area contributed by atoms with E-state index in [1.807, 2.05) is 0 Å². The van der Waals surface area contributed by atoms with Crippen molar-refractivity contribution < 1.29 is 71.7 Å². The van der Waals surface area contributed by atoms with Gasteiger partial charge in [-0.25, -0.2) is 77.3 Å². The number of ether oxygens (including phenoxy) is 3. The molecule has 6 saturated carbocycles. The van der Waals surface area contributed by atoms with Crippen molar-refractivity contribution in [2.24, 2.45) is 35.5 Å². The van der Waals surface area contributed by atoms with Crippen LogP contribution in [0.2, 0.25) is 0 Å². The average Bonchev–Trinajstić information content (AvgIpc) is 1.53. The molecule has 16 nitrogen and oxygen atoms in total. The van der Waals surface area contributed by atoms with E-state index in [1.54, 1.807) is 51.1 Å². The fraction of sp³-hybridized carbons (Fsp3) is 0.413. The Balaban J connectivity index is 0.000000136. The first-order valence-electron chi connectivity index (χ1n) is 32.6. The summed E-state index contributed by atoms with van der Waals surface area (Å²) < 4.78 is 192. The second-order valence-corrected chi connectivity index (χ2v) is 28.4. The third-order valence-electron chi connectivity index (χ3n) is 22.1. The van der Waals surface area contributed by atoms with Crippen molar-refractivity contribution in [3.05, 3.63) is 212 Å². The number of rotatable bonds is 8. The van der Waals surface area contributed by atoms with Crippen LogP contribution in [0.5, 0.6) is 0 Å². The molecular formula is C75H56F12N12O4. The Morgan fingerprint density at radius 2 is 0.680 bits per heavy atom. The molecule has 3 aromatic rings. The zero-order chi connectivity index (χ0) is 74.9. The lowest BCUT2D eigenvalue weighted by molar-refractivity contribution is 0.0925. The minimum absolute atomic E-state index is 0.00127. The molecule has 6 bridgehead atoms. The molecule has 28 heteroatoms. The zero-order valence-electron chi connectivity index (χ0n) is 55.7. The summed E-state index contributed by atoms with van der Waals surface area (Å²) >= 11 is 0. The quantitative estimate of drug-likeness (QED) is 0.0519. The number of hydrogen-bond acceptors (Lipinski definition) is 12. The fourth-order valence-corrected chi connectivity index (χ4v) is 17.2. The van der Waals surface area contributed by atoms with Gasteiger partial charge in [0, 0.05) is 11.1 Å². The molecule has 0 aromatic heterocycles. The molecule has 524 valence electrons. The molecule has 9 fully saturated rings. The minimum atomic E-state index is -1.61. The van der Waals surface area contributed by atoms with Gasteiger partial charge in [-0.05, 0) is 159 Å². The number of carbonyl (C=O) groups excluding carboxylic acids is 1. The second kappa shape index (κ2) is 25.9. The molecule has 3 saturated heterocycles. The van der Waals surface area contributed by atoms with Crippen LogP contribution in [0.25, 0.3) is 31.5 Å². The summed E-state index contributed by atoms with van der Waals surface area (Å²) in [5, 5.41) is 45.2. The normalized spacial score (nSPS) is 28.0. The highest BCUT2D eigenvalue weighted by molar-refractivity contribution is 5.78. The molecule has 0 spiro atoms. The number of anilines is 3. The molecule has 0 N–H and O–H groups in total. The average molecular weight is 1420 g/mol. The predicted octanol–water partition coefficient (Wildman–Crippen LogP) is 16.7. The number of benzene rings is 3. The molecule has 12 atom stereocenters. The number of halogens is 12. The number of nitrogens with zero attached hydrogens (tertiary/aromatic N) is 12. The molecule has 6 aliphatic heterocycles. The van der Waals surface area contributed by atoms with E-state index in [9.17, 15) is 39.9 Å². The van der Waals surface area contributed by atoms with E-state index < -0.39 is 132 Å². The second-order valence-electron chi connectivity index (χ2n) is 28.4. The predicted molar refractivity (Wildman–Crippen MR) is 343 cm³/mol. The molecule has 12 unspecified atom stereocenters. The zero-order valence-corrected chi connectivity index (χ0v) is 55.7.